The second kappa shape index (κ2) is 9.84. The van der Waals surface area contributed by atoms with Crippen molar-refractivity contribution in [2.45, 2.75) is 69.8 Å². The van der Waals surface area contributed by atoms with Crippen molar-refractivity contribution in [2.75, 3.05) is 11.9 Å². The summed E-state index contributed by atoms with van der Waals surface area (Å²) in [4.78, 5) is 17.5. The van der Waals surface area contributed by atoms with Gasteiger partial charge in [0.2, 0.25) is 0 Å². The largest absolute Gasteiger partial charge is 0.387 e. The number of fused-ring (bicyclic) bond motifs is 1. The molecule has 0 saturated heterocycles. The van der Waals surface area contributed by atoms with E-state index in [2.05, 4.69) is 26.8 Å². The highest BCUT2D eigenvalue weighted by Crippen LogP contribution is 2.31. The number of anilines is 1. The van der Waals surface area contributed by atoms with Crippen molar-refractivity contribution in [3.63, 3.8) is 0 Å². The molecule has 5 N–H and O–H groups in total. The molecule has 1 fully saturated rings. The highest BCUT2D eigenvalue weighted by molar-refractivity contribution is 6.00. The number of nitrogens with one attached hydrogen (secondary N) is 2. The second-order valence-corrected chi connectivity index (χ2v) is 10.4. The SMILES string of the molecule is CC1(N)CCC(Nc2cc(-c3ccc4cc(C#N)cnn34)ncc2C(=O)NCC(F)C(C)(C)O)CC1. The van der Waals surface area contributed by atoms with Gasteiger partial charge in [0.1, 0.15) is 12.2 Å². The molecule has 0 aliphatic heterocycles. The number of hydrogen-bond acceptors (Lipinski definition) is 7. The van der Waals surface area contributed by atoms with E-state index in [1.807, 2.05) is 19.1 Å². The Morgan fingerprint density at radius 2 is 2.08 bits per heavy atom. The Bertz CT molecular complexity index is 1300. The van der Waals surface area contributed by atoms with E-state index in [9.17, 15) is 14.3 Å². The molecule has 1 atom stereocenters. The van der Waals surface area contributed by atoms with Crippen LogP contribution in [0.3, 0.4) is 0 Å². The lowest BCUT2D eigenvalue weighted by Crippen LogP contribution is -2.43. The number of rotatable bonds is 7. The summed E-state index contributed by atoms with van der Waals surface area (Å²) in [5.41, 5.74) is 7.87. The number of nitriles is 1. The van der Waals surface area contributed by atoms with Crippen LogP contribution in [0.2, 0.25) is 0 Å². The smallest absolute Gasteiger partial charge is 0.255 e. The highest BCUT2D eigenvalue weighted by atomic mass is 19.1. The molecule has 9 nitrogen and oxygen atoms in total. The first kappa shape index (κ1) is 25.5. The molecule has 0 spiro atoms. The molecule has 1 aliphatic rings. The Hall–Kier alpha value is -3.55. The van der Waals surface area contributed by atoms with Crippen molar-refractivity contribution < 1.29 is 14.3 Å². The standard InChI is InChI=1S/C26H32FN7O2/c1-25(2,36)23(27)15-31-24(35)19-14-30-21(11-20(19)33-17-6-8-26(3,29)9-7-17)22-5-4-18-10-16(12-28)13-32-34(18)22/h4-5,10-11,13-14,17,23,36H,6-9,15,29H2,1-3H3,(H,30,33)(H,31,35). The zero-order chi connectivity index (χ0) is 26.1. The molecule has 1 unspecified atom stereocenters. The van der Waals surface area contributed by atoms with Crippen LogP contribution in [0.5, 0.6) is 0 Å². The Kier molecular flexibility index (Phi) is 6.98. The first-order chi connectivity index (χ1) is 17.0. The Labute approximate surface area is 209 Å². The van der Waals surface area contributed by atoms with Gasteiger partial charge in [-0.15, -0.1) is 0 Å². The third kappa shape index (κ3) is 5.64. The third-order valence-corrected chi connectivity index (χ3v) is 6.74. The molecule has 0 radical (unpaired) electrons. The van der Waals surface area contributed by atoms with Crippen LogP contribution in [0.4, 0.5) is 10.1 Å². The molecule has 1 amide bonds. The number of aliphatic hydroxyl groups is 1. The number of aromatic nitrogens is 3. The van der Waals surface area contributed by atoms with Crippen LogP contribution in [0.25, 0.3) is 16.9 Å². The van der Waals surface area contributed by atoms with Crippen LogP contribution in [-0.4, -0.2) is 55.5 Å². The molecule has 4 rings (SSSR count). The molecule has 3 aromatic heterocycles. The normalized spacial score (nSPS) is 21.1. The van der Waals surface area contributed by atoms with Crippen LogP contribution in [0, 0.1) is 11.3 Å². The molecule has 3 aromatic rings. The number of amides is 1. The van der Waals surface area contributed by atoms with Gasteiger partial charge in [-0.05, 0) is 70.7 Å². The van der Waals surface area contributed by atoms with Crippen molar-refractivity contribution >= 4 is 17.1 Å². The number of alkyl halides is 1. The molecule has 0 bridgehead atoms. The average Bonchev–Trinajstić information content (AvgIpc) is 3.26. The molecular weight excluding hydrogens is 461 g/mol. The van der Waals surface area contributed by atoms with Gasteiger partial charge in [-0.1, -0.05) is 0 Å². The van der Waals surface area contributed by atoms with E-state index >= 15 is 0 Å². The van der Waals surface area contributed by atoms with E-state index in [1.54, 1.807) is 16.6 Å². The lowest BCUT2D eigenvalue weighted by molar-refractivity contribution is -0.00177. The van der Waals surface area contributed by atoms with Gasteiger partial charge in [0.05, 0.1) is 52.1 Å². The van der Waals surface area contributed by atoms with Crippen molar-refractivity contribution in [3.05, 3.63) is 47.8 Å². The number of pyridine rings is 1. The summed E-state index contributed by atoms with van der Waals surface area (Å²) in [6.45, 7) is 4.44. The van der Waals surface area contributed by atoms with E-state index < -0.39 is 17.7 Å². The summed E-state index contributed by atoms with van der Waals surface area (Å²) in [6, 6.07) is 9.42. The number of nitrogens with zero attached hydrogens (tertiary/aromatic N) is 4. The van der Waals surface area contributed by atoms with E-state index in [1.165, 1.54) is 26.2 Å². The first-order valence-electron chi connectivity index (χ1n) is 12.1. The van der Waals surface area contributed by atoms with Crippen molar-refractivity contribution in [2.24, 2.45) is 5.73 Å². The van der Waals surface area contributed by atoms with Crippen LogP contribution < -0.4 is 16.4 Å². The minimum atomic E-state index is -1.62. The number of nitrogens with two attached hydrogens (primary N) is 1. The number of hydrogen-bond donors (Lipinski definition) is 4. The molecule has 1 saturated carbocycles. The van der Waals surface area contributed by atoms with Gasteiger partial charge in [-0.3, -0.25) is 9.78 Å². The predicted molar refractivity (Wildman–Crippen MR) is 135 cm³/mol. The molecule has 190 valence electrons. The minimum Gasteiger partial charge on any atom is -0.387 e. The fourth-order valence-electron chi connectivity index (χ4n) is 4.32. The van der Waals surface area contributed by atoms with Gasteiger partial charge < -0.3 is 21.5 Å². The molecule has 36 heavy (non-hydrogen) atoms. The zero-order valence-corrected chi connectivity index (χ0v) is 20.8. The summed E-state index contributed by atoms with van der Waals surface area (Å²) in [6.07, 6.45) is 4.74. The fraction of sp³-hybridized carbons (Fsp3) is 0.462. The Morgan fingerprint density at radius 1 is 1.36 bits per heavy atom. The molecule has 10 heteroatoms. The lowest BCUT2D eigenvalue weighted by Gasteiger charge is -2.35. The highest BCUT2D eigenvalue weighted by Gasteiger charge is 2.29. The third-order valence-electron chi connectivity index (χ3n) is 6.74. The van der Waals surface area contributed by atoms with Gasteiger partial charge in [-0.2, -0.15) is 10.4 Å². The second-order valence-electron chi connectivity index (χ2n) is 10.4. The molecule has 0 aromatic carbocycles. The predicted octanol–water partition coefficient (Wildman–Crippen LogP) is 3.18. The van der Waals surface area contributed by atoms with Crippen molar-refractivity contribution in [1.29, 1.82) is 5.26 Å². The minimum absolute atomic E-state index is 0.120. The molecule has 1 aliphatic carbocycles. The summed E-state index contributed by atoms with van der Waals surface area (Å²) < 4.78 is 15.9. The Balaban J connectivity index is 1.65. The number of carbonyl (C=O) groups is 1. The van der Waals surface area contributed by atoms with Crippen LogP contribution in [-0.2, 0) is 0 Å². The maximum atomic E-state index is 14.2. The molecule has 3 heterocycles. The van der Waals surface area contributed by atoms with Crippen molar-refractivity contribution in [1.82, 2.24) is 19.9 Å². The maximum Gasteiger partial charge on any atom is 0.255 e. The maximum absolute atomic E-state index is 14.2. The topological polar surface area (TPSA) is 141 Å². The number of halogens is 1. The van der Waals surface area contributed by atoms with Crippen LogP contribution in [0.1, 0.15) is 62.4 Å². The molecular formula is C26H32FN7O2. The Morgan fingerprint density at radius 3 is 2.75 bits per heavy atom. The monoisotopic (exact) mass is 493 g/mol. The average molecular weight is 494 g/mol. The van der Waals surface area contributed by atoms with Gasteiger partial charge >= 0.3 is 0 Å². The summed E-state index contributed by atoms with van der Waals surface area (Å²) in [5.74, 6) is -0.486. The van der Waals surface area contributed by atoms with E-state index in [0.29, 0.717) is 22.6 Å². The van der Waals surface area contributed by atoms with Gasteiger partial charge in [0.15, 0.2) is 0 Å². The summed E-state index contributed by atoms with van der Waals surface area (Å²) >= 11 is 0. The quantitative estimate of drug-likeness (QED) is 0.396. The number of carbonyl (C=O) groups excluding carboxylic acids is 1. The van der Waals surface area contributed by atoms with Crippen molar-refractivity contribution in [3.8, 4) is 17.5 Å². The zero-order valence-electron chi connectivity index (χ0n) is 20.8. The van der Waals surface area contributed by atoms with E-state index in [4.69, 9.17) is 11.0 Å². The van der Waals surface area contributed by atoms with Gasteiger partial charge in [0.25, 0.3) is 5.91 Å². The van der Waals surface area contributed by atoms with Crippen LogP contribution >= 0.6 is 0 Å². The van der Waals surface area contributed by atoms with E-state index in [-0.39, 0.29) is 23.7 Å². The first-order valence-corrected chi connectivity index (χ1v) is 12.1. The summed E-state index contributed by atoms with van der Waals surface area (Å²) in [5, 5.41) is 29.4. The van der Waals surface area contributed by atoms with Gasteiger partial charge in [-0.25, -0.2) is 8.91 Å². The van der Waals surface area contributed by atoms with Crippen LogP contribution in [0.15, 0.2) is 36.7 Å². The summed E-state index contributed by atoms with van der Waals surface area (Å²) in [7, 11) is 0. The van der Waals surface area contributed by atoms with Gasteiger partial charge in [0, 0.05) is 17.8 Å². The fourth-order valence-corrected chi connectivity index (χ4v) is 4.32. The lowest BCUT2D eigenvalue weighted by atomic mass is 9.81. The van der Waals surface area contributed by atoms with E-state index in [0.717, 1.165) is 31.2 Å².